The van der Waals surface area contributed by atoms with Crippen molar-refractivity contribution in [3.8, 4) is 0 Å². The van der Waals surface area contributed by atoms with Gasteiger partial charge in [0.15, 0.2) is 5.82 Å². The van der Waals surface area contributed by atoms with E-state index >= 15 is 0 Å². The van der Waals surface area contributed by atoms with Crippen LogP contribution in [0, 0.1) is 5.92 Å². The minimum absolute atomic E-state index is 0.201. The molecule has 0 bridgehead atoms. The molecule has 2 rings (SSSR count). The molecule has 6 heteroatoms. The van der Waals surface area contributed by atoms with Crippen molar-refractivity contribution in [2.45, 2.75) is 6.42 Å². The molecule has 0 radical (unpaired) electrons. The van der Waals surface area contributed by atoms with Crippen molar-refractivity contribution in [3.05, 3.63) is 11.5 Å². The summed E-state index contributed by atoms with van der Waals surface area (Å²) in [5.74, 6) is 0.976. The second-order valence-corrected chi connectivity index (χ2v) is 4.04. The average molecular weight is 229 g/mol. The number of anilines is 2. The van der Waals surface area contributed by atoms with E-state index in [1.54, 1.807) is 0 Å². The van der Waals surface area contributed by atoms with E-state index in [1.165, 1.54) is 6.20 Å². The van der Waals surface area contributed by atoms with Gasteiger partial charge in [0, 0.05) is 25.6 Å². The molecule has 1 aromatic rings. The van der Waals surface area contributed by atoms with Crippen molar-refractivity contribution >= 4 is 23.1 Å². The van der Waals surface area contributed by atoms with Gasteiger partial charge in [0.25, 0.3) is 0 Å². The fraction of sp³-hybridized carbons (Fsp3) is 0.556. The summed E-state index contributed by atoms with van der Waals surface area (Å²) in [7, 11) is 0. The van der Waals surface area contributed by atoms with Crippen LogP contribution >= 0.6 is 11.6 Å². The van der Waals surface area contributed by atoms with Crippen LogP contribution in [-0.2, 0) is 0 Å². The van der Waals surface area contributed by atoms with Gasteiger partial charge >= 0.3 is 0 Å². The van der Waals surface area contributed by atoms with Crippen LogP contribution in [-0.4, -0.2) is 34.8 Å². The van der Waals surface area contributed by atoms with E-state index in [9.17, 15) is 0 Å². The largest absolute Gasteiger partial charge is 0.396 e. The monoisotopic (exact) mass is 228 g/mol. The molecule has 5 nitrogen and oxygen atoms in total. The Kier molecular flexibility index (Phi) is 2.93. The fourth-order valence-electron chi connectivity index (χ4n) is 1.79. The van der Waals surface area contributed by atoms with E-state index in [1.807, 2.05) is 4.90 Å². The molecule has 3 N–H and O–H groups in total. The molecular weight excluding hydrogens is 216 g/mol. The van der Waals surface area contributed by atoms with Crippen LogP contribution in [0.1, 0.15) is 6.42 Å². The van der Waals surface area contributed by atoms with Crippen molar-refractivity contribution in [2.75, 3.05) is 30.3 Å². The maximum atomic E-state index is 9.04. The molecule has 0 spiro atoms. The van der Waals surface area contributed by atoms with E-state index in [2.05, 4.69) is 9.97 Å². The SMILES string of the molecule is Nc1cnc(Cl)nc1N1CCC(CO)C1. The zero-order valence-electron chi connectivity index (χ0n) is 8.23. The molecular formula is C9H13ClN4O. The number of aliphatic hydroxyl groups excluding tert-OH is 1. The van der Waals surface area contributed by atoms with Crippen molar-refractivity contribution in [3.63, 3.8) is 0 Å². The van der Waals surface area contributed by atoms with Gasteiger partial charge in [-0.2, -0.15) is 4.98 Å². The summed E-state index contributed by atoms with van der Waals surface area (Å²) in [6.07, 6.45) is 2.47. The molecule has 1 saturated heterocycles. The highest BCUT2D eigenvalue weighted by molar-refractivity contribution is 6.28. The smallest absolute Gasteiger partial charge is 0.224 e. The molecule has 1 unspecified atom stereocenters. The second kappa shape index (κ2) is 4.20. The zero-order chi connectivity index (χ0) is 10.8. The van der Waals surface area contributed by atoms with E-state index in [0.29, 0.717) is 17.4 Å². The standard InChI is InChI=1S/C9H13ClN4O/c10-9-12-3-7(11)8(13-9)14-2-1-6(4-14)5-15/h3,6,15H,1-2,4-5,11H2. The third-order valence-corrected chi connectivity index (χ3v) is 2.79. The second-order valence-electron chi connectivity index (χ2n) is 3.70. The summed E-state index contributed by atoms with van der Waals surface area (Å²) in [5.41, 5.74) is 6.29. The van der Waals surface area contributed by atoms with Gasteiger partial charge in [-0.15, -0.1) is 0 Å². The van der Waals surface area contributed by atoms with Crippen LogP contribution in [0.5, 0.6) is 0 Å². The molecule has 1 aliphatic heterocycles. The molecule has 82 valence electrons. The lowest BCUT2D eigenvalue weighted by Gasteiger charge is -2.18. The fourth-order valence-corrected chi connectivity index (χ4v) is 1.92. The van der Waals surface area contributed by atoms with Gasteiger partial charge in [0.2, 0.25) is 5.28 Å². The third-order valence-electron chi connectivity index (χ3n) is 2.61. The Labute approximate surface area is 92.9 Å². The number of nitrogens with two attached hydrogens (primary N) is 1. The summed E-state index contributed by atoms with van der Waals surface area (Å²) in [5, 5.41) is 9.24. The van der Waals surface area contributed by atoms with E-state index in [-0.39, 0.29) is 11.9 Å². The Bertz CT molecular complexity index is 360. The van der Waals surface area contributed by atoms with Crippen molar-refractivity contribution in [2.24, 2.45) is 5.92 Å². The molecule has 15 heavy (non-hydrogen) atoms. The first-order chi connectivity index (χ1) is 7.20. The summed E-state index contributed by atoms with van der Waals surface area (Å²) < 4.78 is 0. The number of aromatic nitrogens is 2. The minimum atomic E-state index is 0.201. The highest BCUT2D eigenvalue weighted by Crippen LogP contribution is 2.26. The summed E-state index contributed by atoms with van der Waals surface area (Å²) in [6, 6.07) is 0. The van der Waals surface area contributed by atoms with Crippen LogP contribution < -0.4 is 10.6 Å². The number of nitrogen functional groups attached to an aromatic ring is 1. The lowest BCUT2D eigenvalue weighted by atomic mass is 10.1. The predicted octanol–water partition coefficient (Wildman–Crippen LogP) is 0.531. The highest BCUT2D eigenvalue weighted by Gasteiger charge is 2.24. The molecule has 1 aliphatic rings. The van der Waals surface area contributed by atoms with Gasteiger partial charge in [-0.25, -0.2) is 4.98 Å². The topological polar surface area (TPSA) is 75.3 Å². The first-order valence-corrected chi connectivity index (χ1v) is 5.22. The van der Waals surface area contributed by atoms with Gasteiger partial charge in [0.05, 0.1) is 11.9 Å². The first-order valence-electron chi connectivity index (χ1n) is 4.84. The first kappa shape index (κ1) is 10.4. The molecule has 0 aromatic carbocycles. The Hall–Kier alpha value is -1.07. The number of hydrogen-bond donors (Lipinski definition) is 2. The van der Waals surface area contributed by atoms with Gasteiger partial charge in [-0.05, 0) is 18.0 Å². The van der Waals surface area contributed by atoms with Gasteiger partial charge in [-0.3, -0.25) is 0 Å². The van der Waals surface area contributed by atoms with E-state index in [0.717, 1.165) is 19.5 Å². The van der Waals surface area contributed by atoms with Crippen LogP contribution in [0.4, 0.5) is 11.5 Å². The Morgan fingerprint density at radius 1 is 1.67 bits per heavy atom. The maximum absolute atomic E-state index is 9.04. The van der Waals surface area contributed by atoms with Crippen LogP contribution in [0.2, 0.25) is 5.28 Å². The highest BCUT2D eigenvalue weighted by atomic mass is 35.5. The maximum Gasteiger partial charge on any atom is 0.224 e. The molecule has 1 atom stereocenters. The average Bonchev–Trinajstić information content (AvgIpc) is 2.70. The lowest BCUT2D eigenvalue weighted by molar-refractivity contribution is 0.238. The van der Waals surface area contributed by atoms with Crippen molar-refractivity contribution in [1.29, 1.82) is 0 Å². The van der Waals surface area contributed by atoms with Crippen molar-refractivity contribution in [1.82, 2.24) is 9.97 Å². The van der Waals surface area contributed by atoms with Gasteiger partial charge in [0.1, 0.15) is 0 Å². The predicted molar refractivity (Wildman–Crippen MR) is 58.9 cm³/mol. The Balaban J connectivity index is 2.19. The minimum Gasteiger partial charge on any atom is -0.396 e. The van der Waals surface area contributed by atoms with Gasteiger partial charge in [-0.1, -0.05) is 0 Å². The zero-order valence-corrected chi connectivity index (χ0v) is 8.98. The molecule has 0 saturated carbocycles. The molecule has 1 fully saturated rings. The number of halogens is 1. The Morgan fingerprint density at radius 2 is 2.47 bits per heavy atom. The molecule has 0 aliphatic carbocycles. The quantitative estimate of drug-likeness (QED) is 0.723. The molecule has 0 amide bonds. The van der Waals surface area contributed by atoms with E-state index in [4.69, 9.17) is 22.4 Å². The van der Waals surface area contributed by atoms with Crippen LogP contribution in [0.3, 0.4) is 0 Å². The van der Waals surface area contributed by atoms with E-state index < -0.39 is 0 Å². The lowest BCUT2D eigenvalue weighted by Crippen LogP contribution is -2.23. The van der Waals surface area contributed by atoms with Crippen LogP contribution in [0.15, 0.2) is 6.20 Å². The third kappa shape index (κ3) is 2.13. The van der Waals surface area contributed by atoms with Crippen molar-refractivity contribution < 1.29 is 5.11 Å². The number of aliphatic hydroxyl groups is 1. The molecule has 2 heterocycles. The molecule has 1 aromatic heterocycles. The number of rotatable bonds is 2. The summed E-state index contributed by atoms with van der Waals surface area (Å²) >= 11 is 5.71. The number of hydrogen-bond acceptors (Lipinski definition) is 5. The summed E-state index contributed by atoms with van der Waals surface area (Å²) in [4.78, 5) is 9.93. The Morgan fingerprint density at radius 3 is 3.13 bits per heavy atom. The number of nitrogens with zero attached hydrogens (tertiary/aromatic N) is 3. The van der Waals surface area contributed by atoms with Gasteiger partial charge < -0.3 is 15.7 Å². The summed E-state index contributed by atoms with van der Waals surface area (Å²) in [6.45, 7) is 1.83. The van der Waals surface area contributed by atoms with Crippen LogP contribution in [0.25, 0.3) is 0 Å². The normalized spacial score (nSPS) is 20.9.